The van der Waals surface area contributed by atoms with Crippen molar-refractivity contribution in [2.45, 2.75) is 39.9 Å². The lowest BCUT2D eigenvalue weighted by Crippen LogP contribution is -2.39. The van der Waals surface area contributed by atoms with Crippen LogP contribution in [0.4, 0.5) is 18.9 Å². The number of allylic oxidation sites excluding steroid dienone is 1. The van der Waals surface area contributed by atoms with Gasteiger partial charge < -0.3 is 10.6 Å². The third kappa shape index (κ3) is 5.95. The number of hydrogen-bond donors (Lipinski definition) is 2. The molecule has 0 aliphatic carbocycles. The van der Waals surface area contributed by atoms with Crippen LogP contribution in [0.2, 0.25) is 0 Å². The van der Waals surface area contributed by atoms with Crippen LogP contribution in [0.3, 0.4) is 0 Å². The van der Waals surface area contributed by atoms with E-state index in [9.17, 15) is 13.2 Å². The maximum absolute atomic E-state index is 12.6. The number of alkyl halides is 3. The molecule has 0 amide bonds. The molecule has 1 atom stereocenters. The predicted molar refractivity (Wildman–Crippen MR) is 74.1 cm³/mol. The van der Waals surface area contributed by atoms with Gasteiger partial charge in [-0.15, -0.1) is 0 Å². The number of halogens is 3. The molecule has 2 N–H and O–H groups in total. The molecule has 3 nitrogen and oxygen atoms in total. The third-order valence-electron chi connectivity index (χ3n) is 2.92. The van der Waals surface area contributed by atoms with Crippen molar-refractivity contribution in [3.05, 3.63) is 36.4 Å². The van der Waals surface area contributed by atoms with Crippen LogP contribution in [0.5, 0.6) is 0 Å². The number of hydrogen-bond acceptors (Lipinski definition) is 3. The quantitative estimate of drug-likeness (QED) is 0.881. The van der Waals surface area contributed by atoms with Gasteiger partial charge in [0.05, 0.1) is 18.0 Å². The van der Waals surface area contributed by atoms with Gasteiger partial charge in [-0.25, -0.2) is 0 Å². The molecule has 0 saturated carbocycles. The normalized spacial score (nSPS) is 14.8. The number of aromatic nitrogens is 1. The highest BCUT2D eigenvalue weighted by atomic mass is 19.4. The molecule has 1 heterocycles. The molecule has 0 aliphatic rings. The summed E-state index contributed by atoms with van der Waals surface area (Å²) >= 11 is 0. The number of nitrogens with one attached hydrogen (secondary N) is 2. The molecule has 1 rings (SSSR count). The minimum atomic E-state index is -4.39. The zero-order chi connectivity index (χ0) is 15.4. The second-order valence-electron chi connectivity index (χ2n) is 5.70. The Morgan fingerprint density at radius 1 is 1.30 bits per heavy atom. The van der Waals surface area contributed by atoms with Crippen molar-refractivity contribution in [1.29, 1.82) is 0 Å². The van der Waals surface area contributed by atoms with Crippen LogP contribution >= 0.6 is 0 Å². The molecule has 0 spiro atoms. The van der Waals surface area contributed by atoms with Gasteiger partial charge >= 0.3 is 6.18 Å². The Morgan fingerprint density at radius 3 is 2.40 bits per heavy atom. The van der Waals surface area contributed by atoms with Crippen LogP contribution in [0, 0.1) is 5.41 Å². The lowest BCUT2D eigenvalue weighted by atomic mass is 9.88. The lowest BCUT2D eigenvalue weighted by molar-refractivity contribution is -0.0808. The summed E-state index contributed by atoms with van der Waals surface area (Å²) < 4.78 is 37.8. The molecule has 6 heteroatoms. The van der Waals surface area contributed by atoms with Gasteiger partial charge in [-0.05, 0) is 24.5 Å². The van der Waals surface area contributed by atoms with Crippen LogP contribution < -0.4 is 10.6 Å². The zero-order valence-electron chi connectivity index (χ0n) is 12.0. The van der Waals surface area contributed by atoms with E-state index in [1.165, 1.54) is 6.20 Å². The van der Waals surface area contributed by atoms with E-state index in [-0.39, 0.29) is 23.4 Å². The average molecular weight is 287 g/mol. The molecule has 0 radical (unpaired) electrons. The Balaban J connectivity index is 2.90. The summed E-state index contributed by atoms with van der Waals surface area (Å²) in [5.41, 5.74) is 0.331. The molecular formula is C14H20F3N3. The number of pyridine rings is 1. The minimum absolute atomic E-state index is 0.0899. The molecule has 112 valence electrons. The fourth-order valence-electron chi connectivity index (χ4n) is 1.32. The minimum Gasteiger partial charge on any atom is -0.369 e. The van der Waals surface area contributed by atoms with E-state index < -0.39 is 6.18 Å². The molecular weight excluding hydrogens is 267 g/mol. The first-order valence-electron chi connectivity index (χ1n) is 6.31. The molecule has 0 fully saturated rings. The predicted octanol–water partition coefficient (Wildman–Crippen LogP) is 3.92. The van der Waals surface area contributed by atoms with Crippen LogP contribution in [0.1, 0.15) is 27.7 Å². The first kappa shape index (κ1) is 16.3. The number of rotatable bonds is 4. The van der Waals surface area contributed by atoms with Gasteiger partial charge in [0.1, 0.15) is 5.82 Å². The fraction of sp³-hybridized carbons (Fsp3) is 0.500. The summed E-state index contributed by atoms with van der Waals surface area (Å²) in [6, 6.07) is 3.17. The fourth-order valence-corrected chi connectivity index (χ4v) is 1.32. The van der Waals surface area contributed by atoms with Gasteiger partial charge in [-0.1, -0.05) is 20.8 Å². The van der Waals surface area contributed by atoms with Crippen LogP contribution in [0.25, 0.3) is 0 Å². The summed E-state index contributed by atoms with van der Waals surface area (Å²) in [6.45, 7) is 7.72. The molecule has 0 aliphatic heterocycles. The van der Waals surface area contributed by atoms with Gasteiger partial charge in [0, 0.05) is 12.2 Å². The number of anilines is 1. The zero-order valence-corrected chi connectivity index (χ0v) is 12.0. The van der Waals surface area contributed by atoms with Crippen molar-refractivity contribution in [1.82, 2.24) is 10.3 Å². The molecule has 1 aromatic rings. The van der Waals surface area contributed by atoms with E-state index in [1.807, 2.05) is 27.7 Å². The van der Waals surface area contributed by atoms with Crippen molar-refractivity contribution in [2.24, 2.45) is 5.41 Å². The van der Waals surface area contributed by atoms with Gasteiger partial charge in [-0.3, -0.25) is 4.98 Å². The Bertz CT molecular complexity index is 447. The smallest absolute Gasteiger partial charge is 0.369 e. The van der Waals surface area contributed by atoms with Crippen LogP contribution in [-0.2, 0) is 0 Å². The van der Waals surface area contributed by atoms with Crippen molar-refractivity contribution in [2.75, 3.05) is 5.32 Å². The highest BCUT2D eigenvalue weighted by Gasteiger charge is 2.27. The Morgan fingerprint density at radius 2 is 1.95 bits per heavy atom. The Hall–Kier alpha value is -1.72. The maximum atomic E-state index is 12.6. The Kier molecular flexibility index (Phi) is 5.03. The summed E-state index contributed by atoms with van der Waals surface area (Å²) in [4.78, 5) is 3.86. The van der Waals surface area contributed by atoms with Gasteiger partial charge in [-0.2, -0.15) is 13.2 Å². The van der Waals surface area contributed by atoms with Gasteiger partial charge in [0.2, 0.25) is 0 Å². The topological polar surface area (TPSA) is 37.0 Å². The van der Waals surface area contributed by atoms with E-state index in [2.05, 4.69) is 15.6 Å². The molecule has 0 aromatic carbocycles. The number of nitrogens with zero attached hydrogens (tertiary/aromatic N) is 1. The maximum Gasteiger partial charge on any atom is 0.413 e. The van der Waals surface area contributed by atoms with Crippen molar-refractivity contribution in [3.8, 4) is 0 Å². The highest BCUT2D eigenvalue weighted by molar-refractivity contribution is 5.45. The molecule has 1 aromatic heterocycles. The molecule has 1 unspecified atom stereocenters. The van der Waals surface area contributed by atoms with E-state index in [0.717, 1.165) is 0 Å². The second kappa shape index (κ2) is 6.15. The van der Waals surface area contributed by atoms with Crippen LogP contribution in [-0.4, -0.2) is 17.2 Å². The van der Waals surface area contributed by atoms with E-state index in [1.54, 1.807) is 18.3 Å². The van der Waals surface area contributed by atoms with Gasteiger partial charge in [0.15, 0.2) is 0 Å². The van der Waals surface area contributed by atoms with Crippen molar-refractivity contribution >= 4 is 5.69 Å². The summed E-state index contributed by atoms with van der Waals surface area (Å²) in [6.07, 6.45) is -1.14. The van der Waals surface area contributed by atoms with E-state index in [0.29, 0.717) is 5.69 Å². The summed E-state index contributed by atoms with van der Waals surface area (Å²) in [5.74, 6) is -0.0899. The van der Waals surface area contributed by atoms with Crippen LogP contribution in [0.15, 0.2) is 36.4 Å². The first-order chi connectivity index (χ1) is 9.08. The molecule has 0 bridgehead atoms. The Labute approximate surface area is 117 Å². The van der Waals surface area contributed by atoms with Gasteiger partial charge in [0.25, 0.3) is 0 Å². The SMILES string of the molecule is CC(N/C(=C/C(F)(F)F)Nc1cccnc1)C(C)(C)C. The standard InChI is InChI=1S/C14H20F3N3/c1-10(13(2,3)4)19-12(8-14(15,16)17)20-11-6-5-7-18-9-11/h5-10,19-20H,1-4H3/b12-8-. The van der Waals surface area contributed by atoms with Crippen molar-refractivity contribution in [3.63, 3.8) is 0 Å². The monoisotopic (exact) mass is 287 g/mol. The van der Waals surface area contributed by atoms with E-state index >= 15 is 0 Å². The van der Waals surface area contributed by atoms with Crippen molar-refractivity contribution < 1.29 is 13.2 Å². The summed E-state index contributed by atoms with van der Waals surface area (Å²) in [7, 11) is 0. The second-order valence-corrected chi connectivity index (χ2v) is 5.70. The molecule has 0 saturated heterocycles. The molecule has 20 heavy (non-hydrogen) atoms. The average Bonchev–Trinajstić information content (AvgIpc) is 2.26. The van der Waals surface area contributed by atoms with E-state index in [4.69, 9.17) is 0 Å². The lowest BCUT2D eigenvalue weighted by Gasteiger charge is -2.30. The third-order valence-corrected chi connectivity index (χ3v) is 2.92. The summed E-state index contributed by atoms with van der Waals surface area (Å²) in [5, 5.41) is 5.57. The first-order valence-corrected chi connectivity index (χ1v) is 6.31. The largest absolute Gasteiger partial charge is 0.413 e. The highest BCUT2D eigenvalue weighted by Crippen LogP contribution is 2.23.